The molecule has 2 aromatic carbocycles. The van der Waals surface area contributed by atoms with Gasteiger partial charge in [-0.15, -0.1) is 0 Å². The van der Waals surface area contributed by atoms with Crippen molar-refractivity contribution in [1.82, 2.24) is 19.1 Å². The minimum atomic E-state index is -3.55. The maximum absolute atomic E-state index is 12.6. The molecule has 0 amide bonds. The van der Waals surface area contributed by atoms with Crippen LogP contribution < -0.4 is 10.3 Å². The monoisotopic (exact) mass is 509 g/mol. The number of sulfonamides is 1. The summed E-state index contributed by atoms with van der Waals surface area (Å²) >= 11 is 6.06. The number of halogens is 1. The van der Waals surface area contributed by atoms with E-state index in [1.807, 2.05) is 47.9 Å². The summed E-state index contributed by atoms with van der Waals surface area (Å²) in [6.07, 6.45) is 3.49. The van der Waals surface area contributed by atoms with Gasteiger partial charge in [-0.2, -0.15) is 0 Å². The number of aromatic amines is 1. The molecule has 0 bridgehead atoms. The first kappa shape index (κ1) is 23.2. The number of fused-ring (bicyclic) bond motifs is 2. The third-order valence-electron chi connectivity index (χ3n) is 6.15. The summed E-state index contributed by atoms with van der Waals surface area (Å²) in [5.74, 6) is 0.682. The summed E-state index contributed by atoms with van der Waals surface area (Å²) in [6.45, 7) is 4.02. The van der Waals surface area contributed by atoms with E-state index in [1.54, 1.807) is 32.4 Å². The number of aromatic nitrogens is 4. The molecule has 5 rings (SSSR count). The second-order valence-electron chi connectivity index (χ2n) is 8.49. The molecule has 3 aromatic heterocycles. The van der Waals surface area contributed by atoms with Crippen LogP contribution in [-0.4, -0.2) is 33.3 Å². The third kappa shape index (κ3) is 4.21. The zero-order valence-corrected chi connectivity index (χ0v) is 21.0. The standard InChI is InChI=1S/C25H24ClN5O3S/c1-4-35(33,34)29-21-11-17(20-14-30(3)25(32)23-19(20)9-10-27-23)12-22-24(21)28-15(2)31(22)13-16-5-7-18(26)8-6-16/h5-12,14,27,29H,4,13H2,1-3H3. The Morgan fingerprint density at radius 1 is 1.14 bits per heavy atom. The van der Waals surface area contributed by atoms with Crippen molar-refractivity contribution in [3.05, 3.63) is 81.6 Å². The first-order valence-electron chi connectivity index (χ1n) is 11.1. The van der Waals surface area contributed by atoms with Crippen molar-refractivity contribution < 1.29 is 8.42 Å². The van der Waals surface area contributed by atoms with Crippen molar-refractivity contribution in [2.45, 2.75) is 20.4 Å². The number of aryl methyl sites for hydroxylation is 2. The van der Waals surface area contributed by atoms with Crippen LogP contribution in [0.5, 0.6) is 0 Å². The van der Waals surface area contributed by atoms with Gasteiger partial charge in [0.2, 0.25) is 10.0 Å². The number of pyridine rings is 1. The SMILES string of the molecule is CCS(=O)(=O)Nc1cc(-c2cn(C)c(=O)c3[nH]ccc23)cc2c1nc(C)n2Cc1ccc(Cl)cc1. The zero-order valence-electron chi connectivity index (χ0n) is 19.5. The molecule has 0 spiro atoms. The summed E-state index contributed by atoms with van der Waals surface area (Å²) in [6, 6.07) is 13.2. The Bertz CT molecular complexity index is 1750. The molecule has 10 heteroatoms. The molecule has 180 valence electrons. The Kier molecular flexibility index (Phi) is 5.69. The van der Waals surface area contributed by atoms with Crippen LogP contribution in [-0.2, 0) is 23.6 Å². The topological polar surface area (TPSA) is 102 Å². The van der Waals surface area contributed by atoms with E-state index in [-0.39, 0.29) is 11.3 Å². The fourth-order valence-electron chi connectivity index (χ4n) is 4.28. The first-order valence-corrected chi connectivity index (χ1v) is 13.1. The van der Waals surface area contributed by atoms with Crippen LogP contribution in [0.25, 0.3) is 33.1 Å². The summed E-state index contributed by atoms with van der Waals surface area (Å²) < 4.78 is 31.3. The van der Waals surface area contributed by atoms with Crippen molar-refractivity contribution in [2.75, 3.05) is 10.5 Å². The zero-order chi connectivity index (χ0) is 24.9. The van der Waals surface area contributed by atoms with Crippen molar-refractivity contribution >= 4 is 49.2 Å². The second-order valence-corrected chi connectivity index (χ2v) is 10.9. The van der Waals surface area contributed by atoms with Gasteiger partial charge in [0.25, 0.3) is 5.56 Å². The van der Waals surface area contributed by atoms with Gasteiger partial charge in [-0.25, -0.2) is 13.4 Å². The van der Waals surface area contributed by atoms with Gasteiger partial charge in [0, 0.05) is 42.0 Å². The Morgan fingerprint density at radius 3 is 2.60 bits per heavy atom. The van der Waals surface area contributed by atoms with Gasteiger partial charge in [-0.3, -0.25) is 9.52 Å². The van der Waals surface area contributed by atoms with E-state index in [0.29, 0.717) is 28.3 Å². The van der Waals surface area contributed by atoms with Gasteiger partial charge in [-0.1, -0.05) is 23.7 Å². The normalized spacial score (nSPS) is 12.0. The molecule has 0 atom stereocenters. The highest BCUT2D eigenvalue weighted by atomic mass is 35.5. The van der Waals surface area contributed by atoms with Crippen LogP contribution in [0.2, 0.25) is 5.02 Å². The lowest BCUT2D eigenvalue weighted by Crippen LogP contribution is -2.17. The molecule has 0 saturated heterocycles. The molecule has 8 nitrogen and oxygen atoms in total. The number of nitrogens with zero attached hydrogens (tertiary/aromatic N) is 3. The molecule has 0 aliphatic rings. The Labute approximate surface area is 207 Å². The van der Waals surface area contributed by atoms with E-state index in [4.69, 9.17) is 16.6 Å². The highest BCUT2D eigenvalue weighted by Crippen LogP contribution is 2.35. The summed E-state index contributed by atoms with van der Waals surface area (Å²) in [4.78, 5) is 20.3. The third-order valence-corrected chi connectivity index (χ3v) is 7.69. The minimum Gasteiger partial charge on any atom is -0.357 e. The average Bonchev–Trinajstić information content (AvgIpc) is 3.43. The second kappa shape index (κ2) is 8.58. The Balaban J connectivity index is 1.78. The highest BCUT2D eigenvalue weighted by molar-refractivity contribution is 7.92. The molecular weight excluding hydrogens is 486 g/mol. The Morgan fingerprint density at radius 2 is 1.89 bits per heavy atom. The minimum absolute atomic E-state index is 0.0644. The lowest BCUT2D eigenvalue weighted by atomic mass is 10.0. The van der Waals surface area contributed by atoms with Crippen LogP contribution in [0.3, 0.4) is 0 Å². The van der Waals surface area contributed by atoms with E-state index in [0.717, 1.165) is 33.4 Å². The summed E-state index contributed by atoms with van der Waals surface area (Å²) in [5, 5.41) is 1.42. The number of hydrogen-bond acceptors (Lipinski definition) is 4. The van der Waals surface area contributed by atoms with Gasteiger partial charge < -0.3 is 14.1 Å². The number of anilines is 1. The maximum Gasteiger partial charge on any atom is 0.274 e. The molecule has 0 radical (unpaired) electrons. The number of imidazole rings is 1. The smallest absolute Gasteiger partial charge is 0.274 e. The average molecular weight is 510 g/mol. The first-order chi connectivity index (χ1) is 16.7. The van der Waals surface area contributed by atoms with Crippen molar-refractivity contribution in [1.29, 1.82) is 0 Å². The summed E-state index contributed by atoms with van der Waals surface area (Å²) in [7, 11) is -1.86. The van der Waals surface area contributed by atoms with E-state index >= 15 is 0 Å². The molecule has 0 fully saturated rings. The molecule has 0 unspecified atom stereocenters. The van der Waals surface area contributed by atoms with Gasteiger partial charge in [0.1, 0.15) is 16.9 Å². The largest absolute Gasteiger partial charge is 0.357 e. The van der Waals surface area contributed by atoms with Crippen molar-refractivity contribution in [2.24, 2.45) is 7.05 Å². The summed E-state index contributed by atoms with van der Waals surface area (Å²) in [5.41, 5.74) is 4.70. The fourth-order valence-corrected chi connectivity index (χ4v) is 5.04. The van der Waals surface area contributed by atoms with Gasteiger partial charge in [0.05, 0.1) is 17.0 Å². The van der Waals surface area contributed by atoms with E-state index in [1.165, 1.54) is 4.57 Å². The molecule has 0 aliphatic carbocycles. The van der Waals surface area contributed by atoms with E-state index < -0.39 is 10.0 Å². The van der Waals surface area contributed by atoms with Crippen LogP contribution in [0.4, 0.5) is 5.69 Å². The number of hydrogen-bond donors (Lipinski definition) is 2. The van der Waals surface area contributed by atoms with Gasteiger partial charge >= 0.3 is 0 Å². The quantitative estimate of drug-likeness (QED) is 0.347. The van der Waals surface area contributed by atoms with E-state index in [2.05, 4.69) is 9.71 Å². The molecular formula is C25H24ClN5O3S. The lowest BCUT2D eigenvalue weighted by Gasteiger charge is -2.13. The highest BCUT2D eigenvalue weighted by Gasteiger charge is 2.19. The van der Waals surface area contributed by atoms with Crippen LogP contribution in [0.1, 0.15) is 18.3 Å². The fraction of sp³-hybridized carbons (Fsp3) is 0.200. The predicted octanol–water partition coefficient (Wildman–Crippen LogP) is 4.66. The van der Waals surface area contributed by atoms with Crippen molar-refractivity contribution in [3.8, 4) is 11.1 Å². The molecule has 2 N–H and O–H groups in total. The van der Waals surface area contributed by atoms with Crippen LogP contribution in [0, 0.1) is 6.92 Å². The van der Waals surface area contributed by atoms with Gasteiger partial charge in [0.15, 0.2) is 0 Å². The van der Waals surface area contributed by atoms with E-state index in [9.17, 15) is 13.2 Å². The lowest BCUT2D eigenvalue weighted by molar-refractivity contribution is 0.602. The maximum atomic E-state index is 12.6. The number of nitrogens with one attached hydrogen (secondary N) is 2. The van der Waals surface area contributed by atoms with Crippen LogP contribution in [0.15, 0.2) is 59.7 Å². The van der Waals surface area contributed by atoms with Crippen LogP contribution >= 0.6 is 11.6 Å². The van der Waals surface area contributed by atoms with Crippen molar-refractivity contribution in [3.63, 3.8) is 0 Å². The number of benzene rings is 2. The molecule has 35 heavy (non-hydrogen) atoms. The molecule has 5 aromatic rings. The molecule has 3 heterocycles. The Hall–Kier alpha value is -3.56. The predicted molar refractivity (Wildman–Crippen MR) is 141 cm³/mol. The molecule has 0 saturated carbocycles. The number of H-pyrrole nitrogens is 1. The van der Waals surface area contributed by atoms with Gasteiger partial charge in [-0.05, 0) is 55.3 Å². The molecule has 0 aliphatic heterocycles. The number of rotatable bonds is 6.